The molecular weight excluding hydrogens is 404 g/mol. The van der Waals surface area contributed by atoms with Gasteiger partial charge in [0.25, 0.3) is 5.91 Å². The Hall–Kier alpha value is -3.78. The molecule has 4 aromatic rings. The van der Waals surface area contributed by atoms with Gasteiger partial charge in [0.05, 0.1) is 24.9 Å². The Morgan fingerprint density at radius 3 is 2.94 bits per heavy atom. The molecule has 3 heterocycles. The molecule has 0 aliphatic carbocycles. The molecule has 1 fully saturated rings. The van der Waals surface area contributed by atoms with Crippen LogP contribution in [0.5, 0.6) is 0 Å². The number of ether oxygens (including phenoxy) is 1. The molecule has 5 rings (SSSR count). The second-order valence-corrected chi connectivity index (χ2v) is 7.92. The average molecular weight is 428 g/mol. The molecule has 0 saturated carbocycles. The number of benzene rings is 2. The number of carbonyl (C=O) groups is 1. The minimum atomic E-state index is -0.000324. The van der Waals surface area contributed by atoms with Gasteiger partial charge < -0.3 is 15.0 Å². The number of H-pyrrole nitrogens is 1. The lowest BCUT2D eigenvalue weighted by molar-refractivity contribution is 0.0737. The van der Waals surface area contributed by atoms with Crippen LogP contribution in [0.2, 0.25) is 0 Å². The second-order valence-electron chi connectivity index (χ2n) is 7.92. The maximum absolute atomic E-state index is 13.3. The molecule has 1 aliphatic rings. The molecule has 162 valence electrons. The van der Waals surface area contributed by atoms with Crippen LogP contribution in [0.4, 0.5) is 11.6 Å². The highest BCUT2D eigenvalue weighted by molar-refractivity contribution is 5.95. The zero-order chi connectivity index (χ0) is 21.8. The van der Waals surface area contributed by atoms with Gasteiger partial charge in [0.1, 0.15) is 0 Å². The van der Waals surface area contributed by atoms with Gasteiger partial charge >= 0.3 is 0 Å². The Morgan fingerprint density at radius 2 is 2.03 bits per heavy atom. The molecule has 8 nitrogen and oxygen atoms in total. The number of rotatable bonds is 5. The zero-order valence-corrected chi connectivity index (χ0v) is 17.6. The summed E-state index contributed by atoms with van der Waals surface area (Å²) in [5.74, 6) is 0.703. The van der Waals surface area contributed by atoms with Crippen molar-refractivity contribution in [1.82, 2.24) is 25.1 Å². The van der Waals surface area contributed by atoms with Gasteiger partial charge in [-0.1, -0.05) is 18.2 Å². The van der Waals surface area contributed by atoms with E-state index in [2.05, 4.69) is 31.5 Å². The molecule has 1 atom stereocenters. The molecule has 8 heteroatoms. The van der Waals surface area contributed by atoms with Crippen LogP contribution < -0.4 is 5.32 Å². The third-order valence-electron chi connectivity index (χ3n) is 5.64. The fourth-order valence-electron chi connectivity index (χ4n) is 4.11. The van der Waals surface area contributed by atoms with Crippen molar-refractivity contribution >= 4 is 28.4 Å². The van der Waals surface area contributed by atoms with Crippen molar-refractivity contribution in [3.8, 4) is 0 Å². The maximum atomic E-state index is 13.3. The Labute approximate surface area is 185 Å². The number of fused-ring (bicyclic) bond motifs is 1. The van der Waals surface area contributed by atoms with Gasteiger partial charge in [-0.2, -0.15) is 5.10 Å². The second kappa shape index (κ2) is 9.15. The summed E-state index contributed by atoms with van der Waals surface area (Å²) in [4.78, 5) is 23.6. The number of aromatic nitrogens is 4. The largest absolute Gasteiger partial charge is 0.379 e. The van der Waals surface area contributed by atoms with Crippen LogP contribution in [0.15, 0.2) is 67.1 Å². The molecule has 1 aliphatic heterocycles. The lowest BCUT2D eigenvalue weighted by atomic mass is 9.97. The first-order valence-corrected chi connectivity index (χ1v) is 10.7. The van der Waals surface area contributed by atoms with Gasteiger partial charge in [0, 0.05) is 48.0 Å². The molecule has 0 radical (unpaired) electrons. The van der Waals surface area contributed by atoms with E-state index in [1.807, 2.05) is 47.5 Å². The van der Waals surface area contributed by atoms with Gasteiger partial charge in [0.15, 0.2) is 0 Å². The summed E-state index contributed by atoms with van der Waals surface area (Å²) in [5, 5.41) is 11.4. The molecule has 32 heavy (non-hydrogen) atoms. The van der Waals surface area contributed by atoms with E-state index in [0.717, 1.165) is 23.0 Å². The summed E-state index contributed by atoms with van der Waals surface area (Å²) in [5.41, 5.74) is 3.64. The van der Waals surface area contributed by atoms with Crippen LogP contribution >= 0.6 is 0 Å². The highest BCUT2D eigenvalue weighted by Gasteiger charge is 2.24. The van der Waals surface area contributed by atoms with Crippen LogP contribution in [-0.4, -0.2) is 57.3 Å². The van der Waals surface area contributed by atoms with Gasteiger partial charge in [0.2, 0.25) is 5.95 Å². The number of anilines is 2. The molecule has 2 N–H and O–H groups in total. The van der Waals surface area contributed by atoms with Gasteiger partial charge in [-0.15, -0.1) is 0 Å². The van der Waals surface area contributed by atoms with Crippen LogP contribution in [0.3, 0.4) is 0 Å². The topological polar surface area (TPSA) is 96.0 Å². The van der Waals surface area contributed by atoms with Gasteiger partial charge in [-0.3, -0.25) is 9.89 Å². The summed E-state index contributed by atoms with van der Waals surface area (Å²) in [6.07, 6.45) is 6.03. The number of aromatic amines is 1. The third-order valence-corrected chi connectivity index (χ3v) is 5.64. The predicted molar refractivity (Wildman–Crippen MR) is 122 cm³/mol. The smallest absolute Gasteiger partial charge is 0.254 e. The average Bonchev–Trinajstić information content (AvgIpc) is 3.19. The van der Waals surface area contributed by atoms with Crippen molar-refractivity contribution in [3.05, 3.63) is 78.2 Å². The van der Waals surface area contributed by atoms with E-state index in [0.29, 0.717) is 37.8 Å². The monoisotopic (exact) mass is 428 g/mol. The van der Waals surface area contributed by atoms with E-state index in [-0.39, 0.29) is 11.8 Å². The normalized spacial score (nSPS) is 16.6. The first-order valence-electron chi connectivity index (χ1n) is 10.7. The molecular formula is C24H24N6O2. The number of amides is 1. The number of hydrogen-bond donors (Lipinski definition) is 2. The minimum absolute atomic E-state index is 0.000324. The van der Waals surface area contributed by atoms with Crippen LogP contribution in [-0.2, 0) is 11.2 Å². The summed E-state index contributed by atoms with van der Waals surface area (Å²) in [6, 6.07) is 15.4. The Kier molecular flexibility index (Phi) is 5.76. The van der Waals surface area contributed by atoms with Crippen LogP contribution in [0, 0.1) is 5.92 Å². The zero-order valence-electron chi connectivity index (χ0n) is 17.6. The van der Waals surface area contributed by atoms with E-state index in [1.165, 1.54) is 5.56 Å². The van der Waals surface area contributed by atoms with Gasteiger partial charge in [-0.25, -0.2) is 9.97 Å². The molecule has 2 aromatic carbocycles. The highest BCUT2D eigenvalue weighted by atomic mass is 16.5. The van der Waals surface area contributed by atoms with E-state index in [9.17, 15) is 4.79 Å². The highest BCUT2D eigenvalue weighted by Crippen LogP contribution is 2.22. The number of nitrogens with zero attached hydrogens (tertiary/aromatic N) is 4. The lowest BCUT2D eigenvalue weighted by Crippen LogP contribution is -2.36. The standard InChI is InChI=1S/C24H24N6O2/c31-23(19-5-1-6-20(13-19)28-24-25-8-3-9-26-24)30-10-11-32-16-17(15-30)12-18-4-2-7-22-21(18)14-27-29-22/h1-9,13-14,17H,10-12,15-16H2,(H,27,29)(H,25,26,28). The molecule has 1 saturated heterocycles. The predicted octanol–water partition coefficient (Wildman–Crippen LogP) is 3.43. The Morgan fingerprint density at radius 1 is 1.16 bits per heavy atom. The minimum Gasteiger partial charge on any atom is -0.379 e. The van der Waals surface area contributed by atoms with Gasteiger partial charge in [-0.05, 0) is 42.3 Å². The van der Waals surface area contributed by atoms with Crippen LogP contribution in [0.1, 0.15) is 15.9 Å². The summed E-state index contributed by atoms with van der Waals surface area (Å²) in [6.45, 7) is 2.39. The Balaban J connectivity index is 1.31. The summed E-state index contributed by atoms with van der Waals surface area (Å²) >= 11 is 0. The number of carbonyl (C=O) groups excluding carboxylic acids is 1. The fraction of sp³-hybridized carbons (Fsp3) is 0.250. The lowest BCUT2D eigenvalue weighted by Gasteiger charge is -2.24. The number of hydrogen-bond acceptors (Lipinski definition) is 6. The molecule has 0 bridgehead atoms. The number of nitrogens with one attached hydrogen (secondary N) is 2. The van der Waals surface area contributed by atoms with Crippen molar-refractivity contribution in [3.63, 3.8) is 0 Å². The summed E-state index contributed by atoms with van der Waals surface area (Å²) < 4.78 is 5.85. The van der Waals surface area contributed by atoms with E-state index in [1.54, 1.807) is 18.5 Å². The summed E-state index contributed by atoms with van der Waals surface area (Å²) in [7, 11) is 0. The van der Waals surface area contributed by atoms with Crippen molar-refractivity contribution in [2.24, 2.45) is 5.92 Å². The third kappa shape index (κ3) is 4.45. The first kappa shape index (κ1) is 20.1. The van der Waals surface area contributed by atoms with Crippen molar-refractivity contribution in [2.75, 3.05) is 31.6 Å². The van der Waals surface area contributed by atoms with Crippen molar-refractivity contribution in [1.29, 1.82) is 0 Å². The van der Waals surface area contributed by atoms with E-state index in [4.69, 9.17) is 4.74 Å². The fourth-order valence-corrected chi connectivity index (χ4v) is 4.11. The van der Waals surface area contributed by atoms with Crippen molar-refractivity contribution < 1.29 is 9.53 Å². The van der Waals surface area contributed by atoms with Crippen molar-refractivity contribution in [2.45, 2.75) is 6.42 Å². The Bertz CT molecular complexity index is 1210. The molecule has 0 spiro atoms. The molecule has 1 unspecified atom stereocenters. The molecule has 1 amide bonds. The molecule has 2 aromatic heterocycles. The van der Waals surface area contributed by atoms with Crippen LogP contribution in [0.25, 0.3) is 10.9 Å². The van der Waals surface area contributed by atoms with E-state index < -0.39 is 0 Å². The quantitative estimate of drug-likeness (QED) is 0.506. The maximum Gasteiger partial charge on any atom is 0.254 e. The SMILES string of the molecule is O=C(c1cccc(Nc2ncccn2)c1)N1CCOCC(Cc2cccc3[nH]ncc23)C1. The van der Waals surface area contributed by atoms with E-state index >= 15 is 0 Å². The first-order chi connectivity index (χ1) is 15.8.